The van der Waals surface area contributed by atoms with Crippen LogP contribution < -0.4 is 16.5 Å². The Hall–Kier alpha value is -1.19. The van der Waals surface area contributed by atoms with E-state index < -0.39 is 48.3 Å². The zero-order valence-corrected chi connectivity index (χ0v) is 16.2. The SMILES string of the molecule is CC(I)(C(=O)OCC(=O)Oc1c2c3oc1cc3C(=O)O2)C12NI1N2. The van der Waals surface area contributed by atoms with Gasteiger partial charge in [0.25, 0.3) is 0 Å². The van der Waals surface area contributed by atoms with Crippen LogP contribution in [0.25, 0.3) is 11.2 Å². The molecule has 2 N–H and O–H groups in total. The van der Waals surface area contributed by atoms with Crippen LogP contribution >= 0.6 is 43.0 Å². The van der Waals surface area contributed by atoms with Crippen molar-refractivity contribution in [3.8, 4) is 11.5 Å². The molecule has 0 aromatic carbocycles. The number of hydrogen-bond donors (Lipinski definition) is 2. The molecule has 3 aliphatic heterocycles. The van der Waals surface area contributed by atoms with Crippen LogP contribution in [0.2, 0.25) is 0 Å². The maximum atomic E-state index is 12.2. The van der Waals surface area contributed by atoms with E-state index >= 15 is 0 Å². The van der Waals surface area contributed by atoms with Gasteiger partial charge in [-0.3, -0.25) is 0 Å². The Morgan fingerprint density at radius 2 is 2.17 bits per heavy atom. The molecule has 1 atom stereocenters. The molecule has 2 bridgehead atoms. The van der Waals surface area contributed by atoms with Crippen molar-refractivity contribution >= 4 is 72.0 Å². The minimum atomic E-state index is -1.31. The van der Waals surface area contributed by atoms with Gasteiger partial charge in [0.15, 0.2) is 0 Å². The monoisotopic (exact) mass is 558 g/mol. The molecule has 5 rings (SSSR count). The number of nitrogens with one attached hydrogen (secondary N) is 2. The second-order valence-electron chi connectivity index (χ2n) is 5.59. The fraction of sp³-hybridized carbons (Fsp3) is 0.308. The normalized spacial score (nSPS) is 22.8. The van der Waals surface area contributed by atoms with Gasteiger partial charge in [-0.25, -0.2) is 0 Å². The summed E-state index contributed by atoms with van der Waals surface area (Å²) in [5.74, 6) is -1.67. The van der Waals surface area contributed by atoms with Gasteiger partial charge < -0.3 is 0 Å². The summed E-state index contributed by atoms with van der Waals surface area (Å²) >= 11 is 0.718. The van der Waals surface area contributed by atoms with Gasteiger partial charge in [-0.2, -0.15) is 0 Å². The molecule has 0 saturated carbocycles. The van der Waals surface area contributed by atoms with Crippen molar-refractivity contribution in [2.75, 3.05) is 6.61 Å². The third-order valence-corrected chi connectivity index (χ3v) is 11.1. The van der Waals surface area contributed by atoms with E-state index in [-0.39, 0.29) is 26.3 Å². The molecule has 0 radical (unpaired) electrons. The van der Waals surface area contributed by atoms with Crippen LogP contribution in [0.4, 0.5) is 0 Å². The van der Waals surface area contributed by atoms with Crippen molar-refractivity contribution in [1.29, 1.82) is 0 Å². The number of alkyl halides is 2. The summed E-state index contributed by atoms with van der Waals surface area (Å²) in [5, 5.41) is 0. The van der Waals surface area contributed by atoms with Crippen molar-refractivity contribution in [3.05, 3.63) is 11.6 Å². The number of hydrogen-bond acceptors (Lipinski definition) is 9. The summed E-state index contributed by atoms with van der Waals surface area (Å²) in [7, 11) is 0. The Labute approximate surface area is 155 Å². The molecule has 5 heterocycles. The minimum absolute atomic E-state index is 0.0395. The molecule has 2 fully saturated rings. The summed E-state index contributed by atoms with van der Waals surface area (Å²) in [5.41, 5.74) is 0.835. The Morgan fingerprint density at radius 3 is 2.83 bits per heavy atom. The molecule has 11 heteroatoms. The second kappa shape index (κ2) is 4.50. The van der Waals surface area contributed by atoms with Crippen LogP contribution in [-0.2, 0) is 14.3 Å². The Morgan fingerprint density at radius 1 is 1.46 bits per heavy atom. The van der Waals surface area contributed by atoms with Crippen LogP contribution in [0.15, 0.2) is 10.5 Å². The molecule has 0 aliphatic carbocycles. The van der Waals surface area contributed by atoms with E-state index in [4.69, 9.17) is 18.6 Å². The molecule has 0 amide bonds. The van der Waals surface area contributed by atoms with Crippen molar-refractivity contribution in [2.24, 2.45) is 0 Å². The zero-order valence-electron chi connectivity index (χ0n) is 11.9. The van der Waals surface area contributed by atoms with E-state index in [2.05, 4.69) is 7.06 Å². The molecule has 2 saturated heterocycles. The van der Waals surface area contributed by atoms with E-state index in [9.17, 15) is 14.4 Å². The van der Waals surface area contributed by atoms with E-state index in [1.54, 1.807) is 6.92 Å². The molecular formula is C13H8I2N2O7. The van der Waals surface area contributed by atoms with Gasteiger partial charge in [0.1, 0.15) is 0 Å². The zero-order chi connectivity index (χ0) is 16.9. The average Bonchev–Trinajstić information content (AvgIpc) is 3.28. The molecule has 1 unspecified atom stereocenters. The fourth-order valence-electron chi connectivity index (χ4n) is 2.50. The number of carbonyl (C=O) groups excluding carboxylic acids is 3. The van der Waals surface area contributed by atoms with E-state index in [1.807, 2.05) is 22.6 Å². The topological polar surface area (TPSA) is 136 Å². The molecule has 2 aromatic rings. The summed E-state index contributed by atoms with van der Waals surface area (Å²) in [6, 6.07) is 1.45. The quantitative estimate of drug-likeness (QED) is 0.106. The van der Waals surface area contributed by atoms with E-state index in [1.165, 1.54) is 6.07 Å². The maximum absolute atomic E-state index is 12.2. The third kappa shape index (κ3) is 1.83. The fourth-order valence-corrected chi connectivity index (χ4v) is 10.3. The van der Waals surface area contributed by atoms with Gasteiger partial charge in [-0.15, -0.1) is 0 Å². The van der Waals surface area contributed by atoms with Crippen molar-refractivity contribution in [3.63, 3.8) is 0 Å². The summed E-state index contributed by atoms with van der Waals surface area (Å²) in [6.07, 6.45) is 0. The van der Waals surface area contributed by atoms with Gasteiger partial charge in [-0.05, 0) is 0 Å². The molecule has 3 aliphatic rings. The number of carbonyl (C=O) groups is 3. The number of halogens is 2. The molecule has 9 nitrogen and oxygen atoms in total. The van der Waals surface area contributed by atoms with Gasteiger partial charge in [0.05, 0.1) is 0 Å². The number of furan rings is 2. The molecular weight excluding hydrogens is 550 g/mol. The third-order valence-electron chi connectivity index (χ3n) is 4.01. The van der Waals surface area contributed by atoms with Gasteiger partial charge >= 0.3 is 156 Å². The molecule has 0 spiro atoms. The molecule has 126 valence electrons. The van der Waals surface area contributed by atoms with Crippen molar-refractivity contribution in [1.82, 2.24) is 7.06 Å². The first-order valence-corrected chi connectivity index (χ1v) is 11.1. The van der Waals surface area contributed by atoms with Crippen LogP contribution in [0.5, 0.6) is 11.5 Å². The van der Waals surface area contributed by atoms with Gasteiger partial charge in [0.2, 0.25) is 0 Å². The standard InChI is InChI=1S/C13H8I2N2O7/c1-12(14,13-15(16-13)17-13)11(20)21-3-6(18)23-8-5-2-4-7(22-5)9(8)24-10(4)19/h2,16-17H,3H2,1H3. The Bertz CT molecular complexity index is 930. The van der Waals surface area contributed by atoms with Crippen LogP contribution in [0, 0.1) is 0 Å². The van der Waals surface area contributed by atoms with E-state index in [0.29, 0.717) is 5.56 Å². The van der Waals surface area contributed by atoms with Crippen LogP contribution in [0.3, 0.4) is 0 Å². The van der Waals surface area contributed by atoms with Gasteiger partial charge in [-0.1, -0.05) is 0 Å². The number of benzene rings is 1. The summed E-state index contributed by atoms with van der Waals surface area (Å²) in [6.45, 7) is 1.22. The molecule has 2 aromatic heterocycles. The number of rotatable bonds is 5. The first-order chi connectivity index (χ1) is 11.3. The number of esters is 3. The summed E-state index contributed by atoms with van der Waals surface area (Å²) in [4.78, 5) is 35.6. The van der Waals surface area contributed by atoms with Crippen molar-refractivity contribution in [2.45, 2.75) is 14.0 Å². The predicted molar refractivity (Wildman–Crippen MR) is 94.4 cm³/mol. The molecule has 24 heavy (non-hydrogen) atoms. The van der Waals surface area contributed by atoms with Crippen LogP contribution in [-0.4, -0.2) is 31.6 Å². The second-order valence-corrected chi connectivity index (χ2v) is 12.1. The first kappa shape index (κ1) is 15.1. The predicted octanol–water partition coefficient (Wildman–Crippen LogP) is 1.24. The first-order valence-electron chi connectivity index (χ1n) is 6.77. The van der Waals surface area contributed by atoms with E-state index in [0.717, 1.165) is 0 Å². The number of ether oxygens (including phenoxy) is 3. The Balaban J connectivity index is 1.24. The summed E-state index contributed by atoms with van der Waals surface area (Å²) < 4.78 is 26.0. The van der Waals surface area contributed by atoms with Crippen LogP contribution in [0.1, 0.15) is 17.3 Å². The Kier molecular flexibility index (Phi) is 2.83. The van der Waals surface area contributed by atoms with Gasteiger partial charge in [0, 0.05) is 0 Å². The van der Waals surface area contributed by atoms with Crippen molar-refractivity contribution < 1.29 is 33.0 Å². The average molecular weight is 558 g/mol. The number of fused-ring (bicyclic) bond motifs is 2.